The Labute approximate surface area is 259 Å². The Morgan fingerprint density at radius 1 is 1.05 bits per heavy atom. The fourth-order valence-corrected chi connectivity index (χ4v) is 6.77. The number of hydrogen-bond donors (Lipinski definition) is 1. The van der Waals surface area contributed by atoms with Gasteiger partial charge in [-0.3, -0.25) is 9.88 Å². The number of anilines is 2. The second-order valence-electron chi connectivity index (χ2n) is 11.7. The number of benzene rings is 1. The predicted octanol–water partition coefficient (Wildman–Crippen LogP) is 5.54. The van der Waals surface area contributed by atoms with E-state index in [1.165, 1.54) is 50.3 Å². The number of halogens is 1. The lowest BCUT2D eigenvalue weighted by atomic mass is 9.99. The molecule has 0 aliphatic carbocycles. The Balaban J connectivity index is 1.36. The van der Waals surface area contributed by atoms with E-state index in [1.807, 2.05) is 6.20 Å². The van der Waals surface area contributed by atoms with Gasteiger partial charge in [-0.25, -0.2) is 4.98 Å². The van der Waals surface area contributed by atoms with Gasteiger partial charge in [0.05, 0.1) is 30.4 Å². The minimum absolute atomic E-state index is 0.354. The molecule has 1 aromatic heterocycles. The lowest BCUT2D eigenvalue weighted by Crippen LogP contribution is -2.52. The van der Waals surface area contributed by atoms with E-state index in [0.717, 1.165) is 73.2 Å². The second-order valence-corrected chi connectivity index (χ2v) is 12.3. The van der Waals surface area contributed by atoms with Crippen LogP contribution in [0.25, 0.3) is 11.6 Å². The van der Waals surface area contributed by atoms with Gasteiger partial charge in [0, 0.05) is 70.1 Å². The van der Waals surface area contributed by atoms with Gasteiger partial charge >= 0.3 is 0 Å². The third-order valence-corrected chi connectivity index (χ3v) is 9.14. The van der Waals surface area contributed by atoms with Crippen LogP contribution in [0.5, 0.6) is 5.75 Å². The highest BCUT2D eigenvalue weighted by Gasteiger charge is 2.28. The molecule has 0 unspecified atom stereocenters. The quantitative estimate of drug-likeness (QED) is 0.367. The van der Waals surface area contributed by atoms with Gasteiger partial charge in [0.15, 0.2) is 0 Å². The first-order chi connectivity index (χ1) is 19.9. The Kier molecular flexibility index (Phi) is 10.6. The maximum atomic E-state index is 5.98. The third kappa shape index (κ3) is 7.60. The van der Waals surface area contributed by atoms with Gasteiger partial charge < -0.3 is 24.6 Å². The molecular weight excluding hydrogens is 627 g/mol. The number of aromatic nitrogens is 2. The molecule has 0 radical (unpaired) electrons. The number of methoxy groups -OCH3 is 1. The van der Waals surface area contributed by atoms with Gasteiger partial charge in [0.25, 0.3) is 0 Å². The van der Waals surface area contributed by atoms with E-state index >= 15 is 0 Å². The van der Waals surface area contributed by atoms with Gasteiger partial charge in [-0.1, -0.05) is 34.2 Å². The van der Waals surface area contributed by atoms with E-state index in [9.17, 15) is 0 Å². The van der Waals surface area contributed by atoms with Crippen LogP contribution in [0.1, 0.15) is 56.5 Å². The molecule has 0 spiro atoms. The topological polar surface area (TPSA) is 66.0 Å². The summed E-state index contributed by atoms with van der Waals surface area (Å²) in [5, 5.41) is 3.60. The number of hydrogen-bond acceptors (Lipinski definition) is 8. The molecule has 5 rings (SSSR count). The zero-order valence-electron chi connectivity index (χ0n) is 25.0. The monoisotopic (exact) mass is 672 g/mol. The number of ether oxygens (including phenoxy) is 2. The molecule has 8 nitrogen and oxygen atoms in total. The Hall–Kier alpha value is -2.21. The highest BCUT2D eigenvalue weighted by atomic mass is 127. The van der Waals surface area contributed by atoms with Crippen LogP contribution in [0.15, 0.2) is 34.1 Å². The molecule has 0 bridgehead atoms. The van der Waals surface area contributed by atoms with Crippen LogP contribution < -0.4 is 15.0 Å². The van der Waals surface area contributed by atoms with E-state index in [-0.39, 0.29) is 0 Å². The number of piperidine rings is 1. The average Bonchev–Trinajstić information content (AvgIpc) is 2.99. The summed E-state index contributed by atoms with van der Waals surface area (Å²) in [6, 6.07) is 7.64. The number of allylic oxidation sites excluding steroid dienone is 1. The van der Waals surface area contributed by atoms with Crippen LogP contribution >= 0.6 is 22.6 Å². The van der Waals surface area contributed by atoms with E-state index in [4.69, 9.17) is 19.4 Å². The fourth-order valence-electron chi connectivity index (χ4n) is 6.11. The second kappa shape index (κ2) is 14.3. The number of piperazine rings is 1. The summed E-state index contributed by atoms with van der Waals surface area (Å²) in [5.74, 6) is 1.71. The van der Waals surface area contributed by atoms with Crippen LogP contribution in [0, 0.1) is 0 Å². The average molecular weight is 673 g/mol. The first-order valence-corrected chi connectivity index (χ1v) is 16.2. The van der Waals surface area contributed by atoms with Crippen LogP contribution in [0.3, 0.4) is 0 Å². The molecule has 222 valence electrons. The summed E-state index contributed by atoms with van der Waals surface area (Å²) in [6.45, 7) is 12.6. The highest BCUT2D eigenvalue weighted by Crippen LogP contribution is 2.36. The molecule has 0 saturated carbocycles. The maximum Gasteiger partial charge on any atom is 0.145 e. The number of likely N-dealkylation sites (N-methyl/N-ethyl adjacent to an activating group) is 1. The third-order valence-electron chi connectivity index (χ3n) is 8.51. The van der Waals surface area contributed by atoms with Gasteiger partial charge in [-0.2, -0.15) is 0 Å². The Bertz CT molecular complexity index is 1220. The van der Waals surface area contributed by atoms with Crippen molar-refractivity contribution in [2.75, 3.05) is 76.9 Å². The zero-order chi connectivity index (χ0) is 28.8. The number of nitrogens with one attached hydrogen (secondary N) is 1. The van der Waals surface area contributed by atoms with Gasteiger partial charge in [0.1, 0.15) is 11.6 Å². The van der Waals surface area contributed by atoms with Gasteiger partial charge in [-0.15, -0.1) is 0 Å². The van der Waals surface area contributed by atoms with Crippen LogP contribution in [-0.4, -0.2) is 98.5 Å². The normalized spacial score (nSPS) is 20.2. The van der Waals surface area contributed by atoms with Crippen LogP contribution in [0.2, 0.25) is 0 Å². The first kappa shape index (κ1) is 30.3. The van der Waals surface area contributed by atoms with Gasteiger partial charge in [0.2, 0.25) is 0 Å². The molecule has 3 fully saturated rings. The molecule has 3 saturated heterocycles. The van der Waals surface area contributed by atoms with Crippen molar-refractivity contribution < 1.29 is 9.47 Å². The van der Waals surface area contributed by atoms with E-state index < -0.39 is 0 Å². The van der Waals surface area contributed by atoms with E-state index in [0.29, 0.717) is 12.1 Å². The zero-order valence-corrected chi connectivity index (χ0v) is 27.2. The number of nitrogens with zero attached hydrogens (tertiary/aromatic N) is 5. The molecule has 0 atom stereocenters. The maximum absolute atomic E-state index is 5.98. The summed E-state index contributed by atoms with van der Waals surface area (Å²) in [5.41, 5.74) is 6.23. The molecule has 41 heavy (non-hydrogen) atoms. The number of rotatable bonds is 8. The molecule has 1 aromatic carbocycles. The molecule has 0 amide bonds. The van der Waals surface area contributed by atoms with Crippen molar-refractivity contribution in [3.8, 4) is 5.75 Å². The lowest BCUT2D eigenvalue weighted by Gasteiger charge is -2.42. The van der Waals surface area contributed by atoms with Crippen molar-refractivity contribution in [3.05, 3.63) is 51.0 Å². The minimum Gasteiger partial charge on any atom is -0.495 e. The molecular formula is C32H45IN6O2. The van der Waals surface area contributed by atoms with Gasteiger partial charge in [-0.05, 0) is 74.4 Å². The summed E-state index contributed by atoms with van der Waals surface area (Å²) in [4.78, 5) is 17.6. The molecule has 2 aromatic rings. The van der Waals surface area contributed by atoms with Crippen molar-refractivity contribution in [3.63, 3.8) is 0 Å². The largest absolute Gasteiger partial charge is 0.495 e. The molecule has 3 aliphatic heterocycles. The molecule has 4 heterocycles. The summed E-state index contributed by atoms with van der Waals surface area (Å²) in [6.07, 6.45) is 8.31. The first-order valence-electron chi connectivity index (χ1n) is 15.0. The van der Waals surface area contributed by atoms with Crippen molar-refractivity contribution in [2.45, 2.75) is 51.6 Å². The minimum atomic E-state index is 0.354. The fraction of sp³-hybridized carbons (Fsp3) is 0.562. The van der Waals surface area contributed by atoms with Crippen molar-refractivity contribution in [1.29, 1.82) is 0 Å². The SMILES string of the molecule is COc1cc(/C(=C/I)c2nc(NC3CCOCC3)cnc2C=C(C)C)ccc1N1CCC(N2CCN(C)CC2)CC1. The Morgan fingerprint density at radius 2 is 1.78 bits per heavy atom. The Morgan fingerprint density at radius 3 is 2.44 bits per heavy atom. The van der Waals surface area contributed by atoms with Crippen LogP contribution in [0.4, 0.5) is 11.5 Å². The van der Waals surface area contributed by atoms with Crippen molar-refractivity contribution in [2.24, 2.45) is 0 Å². The molecule has 3 aliphatic rings. The smallest absolute Gasteiger partial charge is 0.145 e. The van der Waals surface area contributed by atoms with Crippen molar-refractivity contribution >= 4 is 45.7 Å². The summed E-state index contributed by atoms with van der Waals surface area (Å²) < 4.78 is 13.6. The molecule has 9 heteroatoms. The molecule has 1 N–H and O–H groups in total. The van der Waals surface area contributed by atoms with Crippen LogP contribution in [-0.2, 0) is 4.74 Å². The lowest BCUT2D eigenvalue weighted by molar-refractivity contribution is 0.0904. The summed E-state index contributed by atoms with van der Waals surface area (Å²) in [7, 11) is 4.00. The van der Waals surface area contributed by atoms with E-state index in [1.54, 1.807) is 7.11 Å². The van der Waals surface area contributed by atoms with Crippen molar-refractivity contribution in [1.82, 2.24) is 19.8 Å². The van der Waals surface area contributed by atoms with E-state index in [2.05, 4.69) is 91.9 Å². The highest BCUT2D eigenvalue weighted by molar-refractivity contribution is 14.1. The standard InChI is InChI=1S/C32H45IN6O2/c1-23(2)19-28-32(36-31(22-34-28)35-25-9-17-41-18-10-25)27(21-33)24-5-6-29(30(20-24)40-4)39-11-7-26(8-12-39)38-15-13-37(3)14-16-38/h5-6,19-22,25-26H,7-18H2,1-4H3,(H,35,36)/b27-21-. The predicted molar refractivity (Wildman–Crippen MR) is 177 cm³/mol. The summed E-state index contributed by atoms with van der Waals surface area (Å²) >= 11 is 2.33.